The van der Waals surface area contributed by atoms with Crippen LogP contribution in [0.15, 0.2) is 42.5 Å². The summed E-state index contributed by atoms with van der Waals surface area (Å²) in [6.07, 6.45) is 6.32. The Morgan fingerprint density at radius 3 is 2.09 bits per heavy atom. The maximum atomic E-state index is 2.31. The zero-order valence-corrected chi connectivity index (χ0v) is 8.08. The highest BCUT2D eigenvalue weighted by Gasteiger charge is 2.00. The highest BCUT2D eigenvalue weighted by Crippen LogP contribution is 2.22. The van der Waals surface area contributed by atoms with Crippen LogP contribution in [0.3, 0.4) is 0 Å². The van der Waals surface area contributed by atoms with E-state index in [0.29, 0.717) is 0 Å². The van der Waals surface area contributed by atoms with Crippen molar-refractivity contribution in [3.8, 4) is 0 Å². The van der Waals surface area contributed by atoms with E-state index in [-0.39, 0.29) is 0 Å². The van der Waals surface area contributed by atoms with Crippen LogP contribution in [0.4, 0.5) is 0 Å². The van der Waals surface area contributed by atoms with E-state index in [1.54, 1.807) is 0 Å². The molecule has 0 saturated heterocycles. The smallest absolute Gasteiger partial charge is 0.0130 e. The number of hydrogen-bond donors (Lipinski definition) is 0. The summed E-state index contributed by atoms with van der Waals surface area (Å²) in [5.74, 6) is 0. The molecule has 0 spiro atoms. The zero-order chi connectivity index (χ0) is 7.68. The molecule has 0 amide bonds. The molecule has 1 aromatic carbocycles. The first-order valence-corrected chi connectivity index (χ1v) is 4.58. The van der Waals surface area contributed by atoms with Crippen molar-refractivity contribution < 1.29 is 0 Å². The van der Waals surface area contributed by atoms with E-state index >= 15 is 0 Å². The van der Waals surface area contributed by atoms with E-state index in [2.05, 4.69) is 65.1 Å². The first kappa shape index (κ1) is 7.10. The van der Waals surface area contributed by atoms with E-state index in [1.807, 2.05) is 0 Å². The van der Waals surface area contributed by atoms with Crippen LogP contribution in [0.5, 0.6) is 0 Å². The van der Waals surface area contributed by atoms with Crippen molar-refractivity contribution in [2.75, 3.05) is 0 Å². The largest absolute Gasteiger partial charge is 0.0610 e. The lowest BCUT2D eigenvalue weighted by Gasteiger charge is -2.06. The fourth-order valence-electron chi connectivity index (χ4n) is 1.03. The van der Waals surface area contributed by atoms with Crippen molar-refractivity contribution in [2.24, 2.45) is 0 Å². The summed E-state index contributed by atoms with van der Waals surface area (Å²) in [5, 5.41) is 0. The Bertz CT molecular complexity index is 317. The second-order valence-corrected chi connectivity index (χ2v) is 3.73. The molecule has 0 unspecified atom stereocenters. The quantitative estimate of drug-likeness (QED) is 0.675. The molecule has 0 heterocycles. The van der Waals surface area contributed by atoms with Crippen molar-refractivity contribution in [3.05, 3.63) is 51.6 Å². The summed E-state index contributed by atoms with van der Waals surface area (Å²) < 4.78 is 1.29. The SMILES string of the molecule is Ic1ccc(C2=CC=C2)cc1. The molecule has 0 radical (unpaired) electrons. The van der Waals surface area contributed by atoms with Crippen molar-refractivity contribution in [3.63, 3.8) is 0 Å². The number of halogens is 1. The molecular formula is C10H7I. The van der Waals surface area contributed by atoms with E-state index in [0.717, 1.165) is 0 Å². The Labute approximate surface area is 79.8 Å². The van der Waals surface area contributed by atoms with Gasteiger partial charge in [0.05, 0.1) is 0 Å². The summed E-state index contributed by atoms with van der Waals surface area (Å²) in [6.45, 7) is 0. The maximum Gasteiger partial charge on any atom is 0.0130 e. The molecule has 0 nitrogen and oxygen atoms in total. The molecule has 0 N–H and O–H groups in total. The summed E-state index contributed by atoms with van der Waals surface area (Å²) in [5.41, 5.74) is 2.65. The van der Waals surface area contributed by atoms with E-state index < -0.39 is 0 Å². The lowest BCUT2D eigenvalue weighted by Crippen LogP contribution is -1.85. The highest BCUT2D eigenvalue weighted by molar-refractivity contribution is 14.1. The van der Waals surface area contributed by atoms with Crippen LogP contribution in [0, 0.1) is 3.57 Å². The van der Waals surface area contributed by atoms with Gasteiger partial charge in [0.2, 0.25) is 0 Å². The number of benzene rings is 1. The molecule has 11 heavy (non-hydrogen) atoms. The van der Waals surface area contributed by atoms with Gasteiger partial charge in [-0.15, -0.1) is 0 Å². The fraction of sp³-hybridized carbons (Fsp3) is 0. The molecule has 0 bridgehead atoms. The minimum atomic E-state index is 1.29. The van der Waals surface area contributed by atoms with Crippen molar-refractivity contribution in [1.82, 2.24) is 0 Å². The van der Waals surface area contributed by atoms with E-state index in [9.17, 15) is 0 Å². The molecule has 1 aromatic rings. The van der Waals surface area contributed by atoms with Gasteiger partial charge in [-0.2, -0.15) is 0 Å². The first-order valence-electron chi connectivity index (χ1n) is 3.50. The van der Waals surface area contributed by atoms with Crippen LogP contribution in [-0.2, 0) is 0 Å². The van der Waals surface area contributed by atoms with Gasteiger partial charge in [0, 0.05) is 3.57 Å². The first-order chi connectivity index (χ1) is 5.36. The third-order valence-corrected chi connectivity index (χ3v) is 2.45. The second-order valence-electron chi connectivity index (χ2n) is 2.49. The Morgan fingerprint density at radius 2 is 1.64 bits per heavy atom. The zero-order valence-electron chi connectivity index (χ0n) is 5.92. The highest BCUT2D eigenvalue weighted by atomic mass is 127. The summed E-state index contributed by atoms with van der Waals surface area (Å²) in [4.78, 5) is 0. The van der Waals surface area contributed by atoms with Gasteiger partial charge in [-0.05, 0) is 45.9 Å². The fourth-order valence-corrected chi connectivity index (χ4v) is 1.39. The molecule has 0 atom stereocenters. The minimum Gasteiger partial charge on any atom is -0.0610 e. The lowest BCUT2D eigenvalue weighted by atomic mass is 10.00. The van der Waals surface area contributed by atoms with Gasteiger partial charge in [0.1, 0.15) is 0 Å². The third-order valence-electron chi connectivity index (χ3n) is 1.73. The average molecular weight is 254 g/mol. The third kappa shape index (κ3) is 1.38. The van der Waals surface area contributed by atoms with Crippen LogP contribution >= 0.6 is 22.6 Å². The summed E-state index contributed by atoms with van der Waals surface area (Å²) >= 11 is 2.31. The van der Waals surface area contributed by atoms with Gasteiger partial charge < -0.3 is 0 Å². The summed E-state index contributed by atoms with van der Waals surface area (Å²) in [7, 11) is 0. The molecule has 1 aliphatic carbocycles. The van der Waals surface area contributed by atoms with E-state index in [4.69, 9.17) is 0 Å². The Morgan fingerprint density at radius 1 is 1.00 bits per heavy atom. The Balaban J connectivity index is 2.33. The van der Waals surface area contributed by atoms with Gasteiger partial charge in [-0.3, -0.25) is 0 Å². The standard InChI is InChI=1S/C10H7I/c11-10-6-4-9(5-7-10)8-2-1-3-8/h1-7H. The maximum absolute atomic E-state index is 2.31. The topological polar surface area (TPSA) is 0 Å². The number of rotatable bonds is 1. The molecular weight excluding hydrogens is 247 g/mol. The van der Waals surface area contributed by atoms with Gasteiger partial charge in [-0.25, -0.2) is 0 Å². The predicted molar refractivity (Wildman–Crippen MR) is 56.3 cm³/mol. The molecule has 0 fully saturated rings. The molecule has 1 aliphatic rings. The van der Waals surface area contributed by atoms with Crippen molar-refractivity contribution in [2.45, 2.75) is 0 Å². The molecule has 0 aliphatic heterocycles. The normalized spacial score (nSPS) is 14.1. The average Bonchev–Trinajstić information content (AvgIpc) is 1.90. The van der Waals surface area contributed by atoms with Crippen LogP contribution in [0.2, 0.25) is 0 Å². The van der Waals surface area contributed by atoms with Crippen LogP contribution in [-0.4, -0.2) is 0 Å². The predicted octanol–water partition coefficient (Wildman–Crippen LogP) is 3.24. The van der Waals surface area contributed by atoms with Crippen molar-refractivity contribution in [1.29, 1.82) is 0 Å². The second kappa shape index (κ2) is 2.81. The molecule has 2 rings (SSSR count). The minimum absolute atomic E-state index is 1.29. The molecule has 0 saturated carbocycles. The van der Waals surface area contributed by atoms with Crippen molar-refractivity contribution >= 4 is 28.2 Å². The molecule has 0 aromatic heterocycles. The van der Waals surface area contributed by atoms with Crippen LogP contribution in [0.25, 0.3) is 5.57 Å². The van der Waals surface area contributed by atoms with Gasteiger partial charge in [0.25, 0.3) is 0 Å². The van der Waals surface area contributed by atoms with Gasteiger partial charge in [-0.1, -0.05) is 30.4 Å². The number of allylic oxidation sites excluding steroid dienone is 4. The van der Waals surface area contributed by atoms with E-state index in [1.165, 1.54) is 14.7 Å². The van der Waals surface area contributed by atoms with Gasteiger partial charge >= 0.3 is 0 Å². The Hall–Kier alpha value is -0.570. The van der Waals surface area contributed by atoms with Crippen LogP contribution in [0.1, 0.15) is 5.56 Å². The lowest BCUT2D eigenvalue weighted by molar-refractivity contribution is 1.56. The molecule has 1 heteroatoms. The van der Waals surface area contributed by atoms with Gasteiger partial charge in [0.15, 0.2) is 0 Å². The Kier molecular flexibility index (Phi) is 1.82. The monoisotopic (exact) mass is 254 g/mol. The number of hydrogen-bond acceptors (Lipinski definition) is 0. The summed E-state index contributed by atoms with van der Waals surface area (Å²) in [6, 6.07) is 8.56. The van der Waals surface area contributed by atoms with Crippen LogP contribution < -0.4 is 0 Å². The molecule has 54 valence electrons.